The zero-order chi connectivity index (χ0) is 18.8. The second-order valence-corrected chi connectivity index (χ2v) is 6.74. The number of primary amides is 1. The Balaban J connectivity index is 1.72. The van der Waals surface area contributed by atoms with Gasteiger partial charge >= 0.3 is 5.69 Å². The third-order valence-electron chi connectivity index (χ3n) is 3.90. The van der Waals surface area contributed by atoms with E-state index in [0.29, 0.717) is 10.6 Å². The molecule has 3 N–H and O–H groups in total. The number of nitrogens with zero attached hydrogens (tertiary/aromatic N) is 1. The molecule has 1 aliphatic carbocycles. The van der Waals surface area contributed by atoms with Crippen LogP contribution in [0.1, 0.15) is 27.2 Å². The lowest BCUT2D eigenvalue weighted by atomic mass is 10.1. The van der Waals surface area contributed by atoms with E-state index >= 15 is 0 Å². The lowest BCUT2D eigenvalue weighted by Gasteiger charge is -2.08. The summed E-state index contributed by atoms with van der Waals surface area (Å²) in [6.45, 7) is -0.578. The number of thiophene rings is 1. The largest absolute Gasteiger partial charge is 0.477 e. The number of aryl methyl sites for hydroxylation is 1. The minimum Gasteiger partial charge on any atom is -0.477 e. The summed E-state index contributed by atoms with van der Waals surface area (Å²) >= 11 is 1.28. The number of amides is 2. The van der Waals surface area contributed by atoms with Crippen LogP contribution >= 0.6 is 11.3 Å². The second kappa shape index (κ2) is 7.08. The van der Waals surface area contributed by atoms with Crippen LogP contribution in [0.15, 0.2) is 18.2 Å². The summed E-state index contributed by atoms with van der Waals surface area (Å²) in [5, 5.41) is 13.8. The van der Waals surface area contributed by atoms with Gasteiger partial charge in [-0.2, -0.15) is 0 Å². The van der Waals surface area contributed by atoms with Crippen molar-refractivity contribution in [1.29, 1.82) is 0 Å². The molecule has 136 valence electrons. The number of carbonyl (C=O) groups excluding carboxylic acids is 2. The molecule has 0 spiro atoms. The molecular weight excluding hydrogens is 365 g/mol. The maximum absolute atomic E-state index is 13.3. The summed E-state index contributed by atoms with van der Waals surface area (Å²) in [6, 6.07) is 2.72. The van der Waals surface area contributed by atoms with E-state index in [4.69, 9.17) is 10.5 Å². The average molecular weight is 379 g/mol. The van der Waals surface area contributed by atoms with Crippen molar-refractivity contribution in [2.45, 2.75) is 19.3 Å². The van der Waals surface area contributed by atoms with Gasteiger partial charge in [0.2, 0.25) is 5.75 Å². The molecule has 0 atom stereocenters. The number of rotatable bonds is 6. The first-order valence-corrected chi connectivity index (χ1v) is 8.49. The normalized spacial score (nSPS) is 12.5. The van der Waals surface area contributed by atoms with Gasteiger partial charge < -0.3 is 15.8 Å². The third-order valence-corrected chi connectivity index (χ3v) is 5.11. The van der Waals surface area contributed by atoms with Crippen LogP contribution in [0.2, 0.25) is 0 Å². The number of ether oxygens (including phenoxy) is 1. The van der Waals surface area contributed by atoms with Crippen LogP contribution in [0, 0.1) is 15.9 Å². The summed E-state index contributed by atoms with van der Waals surface area (Å²) in [4.78, 5) is 35.0. The molecule has 0 fully saturated rings. The molecule has 1 heterocycles. The molecule has 1 aromatic heterocycles. The Morgan fingerprint density at radius 3 is 2.85 bits per heavy atom. The van der Waals surface area contributed by atoms with Crippen molar-refractivity contribution in [3.05, 3.63) is 50.1 Å². The Hall–Kier alpha value is -3.01. The van der Waals surface area contributed by atoms with Crippen molar-refractivity contribution < 1.29 is 23.6 Å². The van der Waals surface area contributed by atoms with Gasteiger partial charge in [0.05, 0.1) is 10.5 Å². The van der Waals surface area contributed by atoms with Gasteiger partial charge in [0.25, 0.3) is 11.8 Å². The van der Waals surface area contributed by atoms with Crippen molar-refractivity contribution in [2.24, 2.45) is 5.73 Å². The lowest BCUT2D eigenvalue weighted by molar-refractivity contribution is -0.385. The van der Waals surface area contributed by atoms with Crippen molar-refractivity contribution >= 4 is 33.8 Å². The molecule has 1 aliphatic rings. The maximum Gasteiger partial charge on any atom is 0.311 e. The van der Waals surface area contributed by atoms with E-state index in [1.807, 2.05) is 0 Å². The predicted molar refractivity (Wildman–Crippen MR) is 92.0 cm³/mol. The molecule has 0 saturated heterocycles. The van der Waals surface area contributed by atoms with Gasteiger partial charge in [-0.1, -0.05) is 0 Å². The van der Waals surface area contributed by atoms with E-state index < -0.39 is 34.8 Å². The van der Waals surface area contributed by atoms with E-state index in [2.05, 4.69) is 5.32 Å². The number of halogens is 1. The van der Waals surface area contributed by atoms with Crippen molar-refractivity contribution in [3.63, 3.8) is 0 Å². The molecule has 2 aromatic rings. The quantitative estimate of drug-likeness (QED) is 0.589. The van der Waals surface area contributed by atoms with Crippen LogP contribution in [-0.4, -0.2) is 23.3 Å². The topological polar surface area (TPSA) is 125 Å². The summed E-state index contributed by atoms with van der Waals surface area (Å²) in [7, 11) is 0. The van der Waals surface area contributed by atoms with Crippen LogP contribution in [0.3, 0.4) is 0 Å². The number of nitro benzene ring substituents is 1. The lowest BCUT2D eigenvalue weighted by Crippen LogP contribution is -2.22. The molecule has 0 aliphatic heterocycles. The number of carbonyl (C=O) groups is 2. The number of hydrogen-bond donors (Lipinski definition) is 2. The van der Waals surface area contributed by atoms with Gasteiger partial charge in [-0.15, -0.1) is 11.3 Å². The van der Waals surface area contributed by atoms with Crippen LogP contribution in [-0.2, 0) is 17.6 Å². The Labute approximate surface area is 150 Å². The number of nitrogens with one attached hydrogen (secondary N) is 1. The highest BCUT2D eigenvalue weighted by Gasteiger charge is 2.26. The van der Waals surface area contributed by atoms with E-state index in [-0.39, 0.29) is 5.75 Å². The highest BCUT2D eigenvalue weighted by molar-refractivity contribution is 7.17. The minimum atomic E-state index is -0.734. The molecule has 0 bridgehead atoms. The zero-order valence-corrected chi connectivity index (χ0v) is 14.2. The standard InChI is InChI=1S/C16H14FN3O5S/c17-8-4-5-10(20(23)24)11(6-8)25-7-13(21)19-16-14(15(18)22)9-2-1-3-12(9)26-16/h4-6H,1-3,7H2,(H2,18,22)(H,19,21). The number of hydrogen-bond acceptors (Lipinski definition) is 6. The first-order chi connectivity index (χ1) is 12.4. The van der Waals surface area contributed by atoms with Crippen LogP contribution in [0.4, 0.5) is 15.1 Å². The third kappa shape index (κ3) is 3.49. The molecular formula is C16H14FN3O5S. The van der Waals surface area contributed by atoms with Crippen molar-refractivity contribution in [3.8, 4) is 5.75 Å². The van der Waals surface area contributed by atoms with E-state index in [0.717, 1.165) is 47.9 Å². The molecule has 0 radical (unpaired) electrons. The van der Waals surface area contributed by atoms with Crippen molar-refractivity contribution in [1.82, 2.24) is 0 Å². The van der Waals surface area contributed by atoms with Gasteiger partial charge in [-0.3, -0.25) is 19.7 Å². The van der Waals surface area contributed by atoms with Crippen molar-refractivity contribution in [2.75, 3.05) is 11.9 Å². The SMILES string of the molecule is NC(=O)c1c(NC(=O)COc2cc(F)ccc2[N+](=O)[O-])sc2c1CCC2. The van der Waals surface area contributed by atoms with Crippen LogP contribution < -0.4 is 15.8 Å². The highest BCUT2D eigenvalue weighted by Crippen LogP contribution is 2.38. The van der Waals surface area contributed by atoms with Gasteiger partial charge in [0, 0.05) is 17.0 Å². The molecule has 1 aromatic carbocycles. The molecule has 0 saturated carbocycles. The molecule has 26 heavy (non-hydrogen) atoms. The Morgan fingerprint density at radius 2 is 2.15 bits per heavy atom. The minimum absolute atomic E-state index is 0.299. The Kier molecular flexibility index (Phi) is 4.85. The number of nitrogens with two attached hydrogens (primary N) is 1. The summed E-state index contributed by atoms with van der Waals surface area (Å²) in [5.41, 5.74) is 6.12. The van der Waals surface area contributed by atoms with E-state index in [1.165, 1.54) is 11.3 Å². The summed E-state index contributed by atoms with van der Waals surface area (Å²) in [5.74, 6) is -2.34. The predicted octanol–water partition coefficient (Wildman–Crippen LogP) is 2.40. The van der Waals surface area contributed by atoms with E-state index in [9.17, 15) is 24.1 Å². The smallest absolute Gasteiger partial charge is 0.311 e. The van der Waals surface area contributed by atoms with Crippen LogP contribution in [0.5, 0.6) is 5.75 Å². The van der Waals surface area contributed by atoms with Gasteiger partial charge in [-0.05, 0) is 30.9 Å². The Bertz CT molecular complexity index is 912. The number of fused-ring (bicyclic) bond motifs is 1. The molecule has 8 nitrogen and oxygen atoms in total. The summed E-state index contributed by atoms with van der Waals surface area (Å²) < 4.78 is 18.3. The fourth-order valence-corrected chi connectivity index (χ4v) is 4.12. The van der Waals surface area contributed by atoms with Gasteiger partial charge in [0.15, 0.2) is 6.61 Å². The highest BCUT2D eigenvalue weighted by atomic mass is 32.1. The maximum atomic E-state index is 13.3. The number of anilines is 1. The Morgan fingerprint density at radius 1 is 1.38 bits per heavy atom. The first-order valence-electron chi connectivity index (χ1n) is 7.67. The number of nitro groups is 1. The molecule has 0 unspecified atom stereocenters. The van der Waals surface area contributed by atoms with Crippen LogP contribution in [0.25, 0.3) is 0 Å². The monoisotopic (exact) mass is 379 g/mol. The zero-order valence-electron chi connectivity index (χ0n) is 13.4. The number of benzene rings is 1. The van der Waals surface area contributed by atoms with Gasteiger partial charge in [-0.25, -0.2) is 4.39 Å². The first kappa shape index (κ1) is 17.8. The molecule has 2 amide bonds. The second-order valence-electron chi connectivity index (χ2n) is 5.63. The fourth-order valence-electron chi connectivity index (χ4n) is 2.81. The summed E-state index contributed by atoms with van der Waals surface area (Å²) in [6.07, 6.45) is 2.48. The fraction of sp³-hybridized carbons (Fsp3) is 0.250. The van der Waals surface area contributed by atoms with E-state index in [1.54, 1.807) is 0 Å². The average Bonchev–Trinajstić information content (AvgIpc) is 3.12. The molecule has 10 heteroatoms. The molecule has 3 rings (SSSR count). The van der Waals surface area contributed by atoms with Gasteiger partial charge in [0.1, 0.15) is 10.8 Å².